The molecular formula is C9H12OS. The highest BCUT2D eigenvalue weighted by Crippen LogP contribution is 2.38. The van der Waals surface area contributed by atoms with Crippen molar-refractivity contribution in [2.45, 2.75) is 25.4 Å². The van der Waals surface area contributed by atoms with Crippen LogP contribution in [0.3, 0.4) is 0 Å². The molecule has 0 aromatic carbocycles. The number of hydrogen-bond donors (Lipinski definition) is 1. The average Bonchev–Trinajstić information content (AvgIpc) is 2.32. The fourth-order valence-electron chi connectivity index (χ4n) is 1.45. The van der Waals surface area contributed by atoms with E-state index in [4.69, 9.17) is 0 Å². The third-order valence-electron chi connectivity index (χ3n) is 2.43. The molecule has 1 aliphatic rings. The molecule has 0 radical (unpaired) electrons. The molecule has 1 aliphatic carbocycles. The Morgan fingerprint density at radius 3 is 2.82 bits per heavy atom. The van der Waals surface area contributed by atoms with Crippen LogP contribution in [0.2, 0.25) is 0 Å². The predicted molar refractivity (Wildman–Crippen MR) is 46.6 cm³/mol. The fraction of sp³-hybridized carbons (Fsp3) is 0.556. The molecule has 1 aromatic rings. The summed E-state index contributed by atoms with van der Waals surface area (Å²) in [6.07, 6.45) is 3.54. The first-order valence-electron chi connectivity index (χ1n) is 4.09. The molecule has 0 amide bonds. The van der Waals surface area contributed by atoms with Gasteiger partial charge < -0.3 is 5.11 Å². The summed E-state index contributed by atoms with van der Waals surface area (Å²) in [4.78, 5) is 1.13. The van der Waals surface area contributed by atoms with Crippen LogP contribution in [-0.2, 0) is 0 Å². The van der Waals surface area contributed by atoms with E-state index in [1.807, 2.05) is 17.5 Å². The molecule has 0 saturated heterocycles. The smallest absolute Gasteiger partial charge is 0.0909 e. The molecule has 1 unspecified atom stereocenters. The Morgan fingerprint density at radius 1 is 1.55 bits per heavy atom. The zero-order valence-electron chi connectivity index (χ0n) is 6.36. The Bertz CT molecular complexity index is 213. The molecule has 1 N–H and O–H groups in total. The molecule has 0 spiro atoms. The second-order valence-corrected chi connectivity index (χ2v) is 4.13. The van der Waals surface area contributed by atoms with Crippen molar-refractivity contribution in [3.05, 3.63) is 22.4 Å². The van der Waals surface area contributed by atoms with Gasteiger partial charge in [-0.15, -0.1) is 11.3 Å². The van der Waals surface area contributed by atoms with Crippen LogP contribution in [0.1, 0.15) is 30.2 Å². The van der Waals surface area contributed by atoms with Gasteiger partial charge in [0.1, 0.15) is 0 Å². The van der Waals surface area contributed by atoms with Gasteiger partial charge in [0.05, 0.1) is 6.10 Å². The molecule has 1 atom stereocenters. The summed E-state index contributed by atoms with van der Waals surface area (Å²) < 4.78 is 0. The van der Waals surface area contributed by atoms with Gasteiger partial charge in [0, 0.05) is 4.88 Å². The van der Waals surface area contributed by atoms with Crippen LogP contribution >= 0.6 is 11.3 Å². The van der Waals surface area contributed by atoms with E-state index < -0.39 is 0 Å². The van der Waals surface area contributed by atoms with E-state index in [0.717, 1.165) is 4.88 Å². The van der Waals surface area contributed by atoms with E-state index in [0.29, 0.717) is 5.92 Å². The molecule has 2 rings (SSSR count). The van der Waals surface area contributed by atoms with Gasteiger partial charge in [-0.05, 0) is 30.2 Å². The SMILES string of the molecule is OC(c1cccs1)C1CCC1. The predicted octanol–water partition coefficient (Wildman–Crippen LogP) is 2.58. The number of hydrogen-bond acceptors (Lipinski definition) is 2. The monoisotopic (exact) mass is 168 g/mol. The highest BCUT2D eigenvalue weighted by molar-refractivity contribution is 7.10. The van der Waals surface area contributed by atoms with Crippen LogP contribution < -0.4 is 0 Å². The van der Waals surface area contributed by atoms with Gasteiger partial charge >= 0.3 is 0 Å². The van der Waals surface area contributed by atoms with Crippen molar-refractivity contribution in [2.24, 2.45) is 5.92 Å². The summed E-state index contributed by atoms with van der Waals surface area (Å²) in [7, 11) is 0. The van der Waals surface area contributed by atoms with Crippen LogP contribution in [0.5, 0.6) is 0 Å². The van der Waals surface area contributed by atoms with Crippen molar-refractivity contribution >= 4 is 11.3 Å². The Hall–Kier alpha value is -0.340. The first-order chi connectivity index (χ1) is 5.38. The Kier molecular flexibility index (Phi) is 1.96. The third-order valence-corrected chi connectivity index (χ3v) is 3.37. The molecule has 11 heavy (non-hydrogen) atoms. The van der Waals surface area contributed by atoms with Crippen LogP contribution in [0.4, 0.5) is 0 Å². The van der Waals surface area contributed by atoms with Crippen molar-refractivity contribution in [1.29, 1.82) is 0 Å². The first kappa shape index (κ1) is 7.32. The average molecular weight is 168 g/mol. The molecule has 60 valence electrons. The van der Waals surface area contributed by atoms with Crippen molar-refractivity contribution in [2.75, 3.05) is 0 Å². The molecular weight excluding hydrogens is 156 g/mol. The Labute approximate surface area is 70.7 Å². The van der Waals surface area contributed by atoms with E-state index in [9.17, 15) is 5.11 Å². The van der Waals surface area contributed by atoms with Gasteiger partial charge in [-0.25, -0.2) is 0 Å². The molecule has 1 heterocycles. The zero-order valence-corrected chi connectivity index (χ0v) is 7.18. The molecule has 1 fully saturated rings. The minimum Gasteiger partial charge on any atom is -0.387 e. The highest BCUT2D eigenvalue weighted by Gasteiger charge is 2.26. The lowest BCUT2D eigenvalue weighted by atomic mass is 9.81. The summed E-state index contributed by atoms with van der Waals surface area (Å²) in [6.45, 7) is 0. The van der Waals surface area contributed by atoms with Gasteiger partial charge in [0.2, 0.25) is 0 Å². The third kappa shape index (κ3) is 1.33. The zero-order chi connectivity index (χ0) is 7.68. The summed E-state index contributed by atoms with van der Waals surface area (Å²) in [5.74, 6) is 0.550. The van der Waals surface area contributed by atoms with E-state index in [1.165, 1.54) is 19.3 Å². The maximum Gasteiger partial charge on any atom is 0.0909 e. The van der Waals surface area contributed by atoms with E-state index in [1.54, 1.807) is 11.3 Å². The molecule has 1 aromatic heterocycles. The Morgan fingerprint density at radius 2 is 2.36 bits per heavy atom. The molecule has 1 nitrogen and oxygen atoms in total. The number of aliphatic hydroxyl groups excluding tert-OH is 1. The van der Waals surface area contributed by atoms with E-state index in [-0.39, 0.29) is 6.10 Å². The normalized spacial score (nSPS) is 21.2. The Balaban J connectivity index is 2.04. The van der Waals surface area contributed by atoms with E-state index >= 15 is 0 Å². The van der Waals surface area contributed by atoms with Crippen molar-refractivity contribution in [3.8, 4) is 0 Å². The van der Waals surface area contributed by atoms with Crippen LogP contribution in [-0.4, -0.2) is 5.11 Å². The summed E-state index contributed by atoms with van der Waals surface area (Å²) in [6, 6.07) is 4.02. The second-order valence-electron chi connectivity index (χ2n) is 3.15. The maximum atomic E-state index is 9.74. The first-order valence-corrected chi connectivity index (χ1v) is 4.97. The fourth-order valence-corrected chi connectivity index (χ4v) is 2.25. The number of aliphatic hydroxyl groups is 1. The standard InChI is InChI=1S/C9H12OS/c10-9(7-3-1-4-7)8-5-2-6-11-8/h2,5-7,9-10H,1,3-4H2. The largest absolute Gasteiger partial charge is 0.387 e. The van der Waals surface area contributed by atoms with Gasteiger partial charge in [0.15, 0.2) is 0 Å². The number of rotatable bonds is 2. The van der Waals surface area contributed by atoms with Crippen molar-refractivity contribution < 1.29 is 5.11 Å². The second kappa shape index (κ2) is 2.95. The van der Waals surface area contributed by atoms with Crippen molar-refractivity contribution in [1.82, 2.24) is 0 Å². The van der Waals surface area contributed by atoms with Gasteiger partial charge in [-0.2, -0.15) is 0 Å². The van der Waals surface area contributed by atoms with Crippen molar-refractivity contribution in [3.63, 3.8) is 0 Å². The van der Waals surface area contributed by atoms with Gasteiger partial charge in [-0.3, -0.25) is 0 Å². The highest BCUT2D eigenvalue weighted by atomic mass is 32.1. The number of thiophene rings is 1. The van der Waals surface area contributed by atoms with Crippen LogP contribution in [0.25, 0.3) is 0 Å². The topological polar surface area (TPSA) is 20.2 Å². The van der Waals surface area contributed by atoms with Crippen LogP contribution in [0.15, 0.2) is 17.5 Å². The minimum absolute atomic E-state index is 0.177. The maximum absolute atomic E-state index is 9.74. The van der Waals surface area contributed by atoms with E-state index in [2.05, 4.69) is 0 Å². The molecule has 0 aliphatic heterocycles. The van der Waals surface area contributed by atoms with Crippen LogP contribution in [0, 0.1) is 5.92 Å². The molecule has 0 bridgehead atoms. The van der Waals surface area contributed by atoms with Gasteiger partial charge in [-0.1, -0.05) is 12.5 Å². The molecule has 2 heteroatoms. The lowest BCUT2D eigenvalue weighted by Gasteiger charge is -2.29. The van der Waals surface area contributed by atoms with Gasteiger partial charge in [0.25, 0.3) is 0 Å². The quantitative estimate of drug-likeness (QED) is 0.719. The lowest BCUT2D eigenvalue weighted by Crippen LogP contribution is -2.19. The lowest BCUT2D eigenvalue weighted by molar-refractivity contribution is 0.0650. The summed E-state index contributed by atoms with van der Waals surface area (Å²) in [5, 5.41) is 11.8. The minimum atomic E-state index is -0.177. The summed E-state index contributed by atoms with van der Waals surface area (Å²) in [5.41, 5.74) is 0. The summed E-state index contributed by atoms with van der Waals surface area (Å²) >= 11 is 1.66. The molecule has 1 saturated carbocycles.